The molecule has 2 aromatic rings. The average molecular weight is 449 g/mol. The zero-order chi connectivity index (χ0) is 21.3. The summed E-state index contributed by atoms with van der Waals surface area (Å²) in [6.07, 6.45) is 8.12. The van der Waals surface area contributed by atoms with Crippen molar-refractivity contribution < 1.29 is 14.0 Å². The summed E-state index contributed by atoms with van der Waals surface area (Å²) in [5.74, 6) is -0.820. The molecule has 0 aliphatic heterocycles. The fraction of sp³-hybridized carbons (Fsp3) is 0.391. The summed E-state index contributed by atoms with van der Waals surface area (Å²) in [5, 5.41) is 5.97. The minimum Gasteiger partial charge on any atom is -0.353 e. The highest BCUT2D eigenvalue weighted by Gasteiger charge is 2.17. The number of hydrogen-bond donors (Lipinski definition) is 2. The Hall–Kier alpha value is -2.05. The van der Waals surface area contributed by atoms with Crippen LogP contribution in [-0.2, 0) is 4.79 Å². The lowest BCUT2D eigenvalue weighted by Crippen LogP contribution is -2.36. The number of thioether (sulfide) groups is 1. The molecular formula is C23H26ClFN2O2S. The van der Waals surface area contributed by atoms with Crippen molar-refractivity contribution in [2.45, 2.75) is 55.9 Å². The Balaban J connectivity index is 1.59. The number of rotatable bonds is 6. The highest BCUT2D eigenvalue weighted by atomic mass is 35.5. The van der Waals surface area contributed by atoms with Crippen LogP contribution in [0.25, 0.3) is 0 Å². The van der Waals surface area contributed by atoms with Gasteiger partial charge in [0.15, 0.2) is 0 Å². The van der Waals surface area contributed by atoms with E-state index in [0.29, 0.717) is 10.5 Å². The minimum atomic E-state index is -0.598. The van der Waals surface area contributed by atoms with Crippen LogP contribution in [0.2, 0.25) is 5.02 Å². The molecule has 0 spiro atoms. The summed E-state index contributed by atoms with van der Waals surface area (Å²) in [6.45, 7) is 0. The molecule has 2 aromatic carbocycles. The topological polar surface area (TPSA) is 58.2 Å². The summed E-state index contributed by atoms with van der Waals surface area (Å²) in [6, 6.07) is 11.3. The van der Waals surface area contributed by atoms with Gasteiger partial charge in [-0.1, -0.05) is 55.8 Å². The number of anilines is 1. The second-order valence-electron chi connectivity index (χ2n) is 7.47. The van der Waals surface area contributed by atoms with E-state index in [0.717, 1.165) is 31.7 Å². The van der Waals surface area contributed by atoms with Gasteiger partial charge in [-0.25, -0.2) is 4.39 Å². The first-order chi connectivity index (χ1) is 14.5. The Kier molecular flexibility index (Phi) is 8.58. The Morgan fingerprint density at radius 3 is 2.47 bits per heavy atom. The van der Waals surface area contributed by atoms with Crippen molar-refractivity contribution >= 4 is 40.9 Å². The van der Waals surface area contributed by atoms with E-state index in [2.05, 4.69) is 10.6 Å². The molecule has 160 valence electrons. The lowest BCUT2D eigenvalue weighted by Gasteiger charge is -2.21. The number of carbonyl (C=O) groups is 2. The van der Waals surface area contributed by atoms with E-state index in [4.69, 9.17) is 11.6 Å². The van der Waals surface area contributed by atoms with E-state index in [1.54, 1.807) is 18.2 Å². The maximum Gasteiger partial charge on any atom is 0.256 e. The van der Waals surface area contributed by atoms with Gasteiger partial charge >= 0.3 is 0 Å². The zero-order valence-corrected chi connectivity index (χ0v) is 18.3. The van der Waals surface area contributed by atoms with Crippen molar-refractivity contribution in [1.82, 2.24) is 5.32 Å². The predicted molar refractivity (Wildman–Crippen MR) is 121 cm³/mol. The van der Waals surface area contributed by atoms with Crippen molar-refractivity contribution in [3.05, 3.63) is 58.9 Å². The maximum atomic E-state index is 14.0. The molecule has 0 aromatic heterocycles. The van der Waals surface area contributed by atoms with Crippen LogP contribution in [0, 0.1) is 5.82 Å². The fourth-order valence-corrected chi connectivity index (χ4v) is 4.59. The summed E-state index contributed by atoms with van der Waals surface area (Å²) >= 11 is 7.07. The molecule has 4 nitrogen and oxygen atoms in total. The monoisotopic (exact) mass is 448 g/mol. The van der Waals surface area contributed by atoms with Crippen molar-refractivity contribution in [3.8, 4) is 0 Å². The van der Waals surface area contributed by atoms with Gasteiger partial charge in [-0.05, 0) is 43.2 Å². The van der Waals surface area contributed by atoms with Crippen molar-refractivity contribution in [1.29, 1.82) is 0 Å². The van der Waals surface area contributed by atoms with Crippen LogP contribution in [0.15, 0.2) is 47.4 Å². The van der Waals surface area contributed by atoms with Crippen LogP contribution in [0.3, 0.4) is 0 Å². The van der Waals surface area contributed by atoms with Gasteiger partial charge in [0.05, 0.1) is 17.0 Å². The molecule has 7 heteroatoms. The van der Waals surface area contributed by atoms with Crippen molar-refractivity contribution in [3.63, 3.8) is 0 Å². The summed E-state index contributed by atoms with van der Waals surface area (Å²) in [5.41, 5.74) is 0.460. The summed E-state index contributed by atoms with van der Waals surface area (Å²) in [7, 11) is 0. The molecule has 0 radical (unpaired) electrons. The largest absolute Gasteiger partial charge is 0.353 e. The number of carbonyl (C=O) groups excluding carboxylic acids is 2. The summed E-state index contributed by atoms with van der Waals surface area (Å²) < 4.78 is 14.0. The molecule has 1 aliphatic rings. The van der Waals surface area contributed by atoms with Crippen LogP contribution in [0.4, 0.5) is 10.1 Å². The van der Waals surface area contributed by atoms with Crippen LogP contribution < -0.4 is 10.6 Å². The van der Waals surface area contributed by atoms with Gasteiger partial charge in [0.2, 0.25) is 5.91 Å². The van der Waals surface area contributed by atoms with E-state index in [9.17, 15) is 14.0 Å². The number of halogens is 2. The highest BCUT2D eigenvalue weighted by Crippen LogP contribution is 2.25. The summed E-state index contributed by atoms with van der Waals surface area (Å²) in [4.78, 5) is 25.8. The van der Waals surface area contributed by atoms with E-state index >= 15 is 0 Å². The first-order valence-electron chi connectivity index (χ1n) is 10.3. The first kappa shape index (κ1) is 22.6. The smallest absolute Gasteiger partial charge is 0.256 e. The maximum absolute atomic E-state index is 14.0. The van der Waals surface area contributed by atoms with Crippen LogP contribution in [0.1, 0.15) is 55.3 Å². The van der Waals surface area contributed by atoms with Gasteiger partial charge in [0.1, 0.15) is 5.82 Å². The molecule has 0 bridgehead atoms. The van der Waals surface area contributed by atoms with E-state index in [1.807, 2.05) is 6.07 Å². The molecule has 0 unspecified atom stereocenters. The van der Waals surface area contributed by atoms with Gasteiger partial charge in [-0.3, -0.25) is 9.59 Å². The third-order valence-electron chi connectivity index (χ3n) is 5.14. The number of hydrogen-bond acceptors (Lipinski definition) is 3. The molecule has 1 fully saturated rings. The normalized spacial score (nSPS) is 15.1. The molecule has 2 amide bonds. The van der Waals surface area contributed by atoms with Gasteiger partial charge < -0.3 is 10.6 Å². The molecule has 1 aliphatic carbocycles. The molecule has 1 saturated carbocycles. The molecule has 30 heavy (non-hydrogen) atoms. The van der Waals surface area contributed by atoms with Crippen molar-refractivity contribution in [2.75, 3.05) is 11.1 Å². The fourth-order valence-electron chi connectivity index (χ4n) is 3.57. The van der Waals surface area contributed by atoms with Gasteiger partial charge in [-0.15, -0.1) is 11.8 Å². The molecule has 2 N–H and O–H groups in total. The second kappa shape index (κ2) is 11.4. The SMILES string of the molecule is O=C(CSc1ccccc1C(=O)Nc1ccc(Cl)cc1F)NC1CCCCCCC1. The van der Waals surface area contributed by atoms with Gasteiger partial charge in [-0.2, -0.15) is 0 Å². The quantitative estimate of drug-likeness (QED) is 0.528. The molecular weight excluding hydrogens is 423 g/mol. The minimum absolute atomic E-state index is 0.0236. The standard InChI is InChI=1S/C23H26ClFN2O2S/c24-16-12-13-20(19(25)14-16)27-23(29)18-10-6-7-11-21(18)30-15-22(28)26-17-8-4-2-1-3-5-9-17/h6-7,10-14,17H,1-5,8-9,15H2,(H,26,28)(H,27,29). The average Bonchev–Trinajstić information content (AvgIpc) is 2.70. The van der Waals surface area contributed by atoms with E-state index < -0.39 is 11.7 Å². The first-order valence-corrected chi connectivity index (χ1v) is 11.7. The molecule has 0 atom stereocenters. The Morgan fingerprint density at radius 1 is 1.03 bits per heavy atom. The molecule has 0 heterocycles. The van der Waals surface area contributed by atoms with Gasteiger partial charge in [0, 0.05) is 16.0 Å². The number of nitrogens with one attached hydrogen (secondary N) is 2. The molecule has 3 rings (SSSR count). The Labute approximate surface area is 186 Å². The predicted octanol–water partition coefficient (Wildman–Crippen LogP) is 6.05. The zero-order valence-electron chi connectivity index (χ0n) is 16.8. The molecule has 0 saturated heterocycles. The second-order valence-corrected chi connectivity index (χ2v) is 8.93. The Bertz CT molecular complexity index is 885. The lowest BCUT2D eigenvalue weighted by molar-refractivity contribution is -0.119. The van der Waals surface area contributed by atoms with Crippen molar-refractivity contribution in [2.24, 2.45) is 0 Å². The van der Waals surface area contributed by atoms with Crippen LogP contribution in [-0.4, -0.2) is 23.6 Å². The highest BCUT2D eigenvalue weighted by molar-refractivity contribution is 8.00. The Morgan fingerprint density at radius 2 is 1.73 bits per heavy atom. The third kappa shape index (κ3) is 6.74. The number of benzene rings is 2. The number of amides is 2. The lowest BCUT2D eigenvalue weighted by atomic mass is 9.97. The van der Waals surface area contributed by atoms with Crippen LogP contribution >= 0.6 is 23.4 Å². The van der Waals surface area contributed by atoms with E-state index in [1.165, 1.54) is 43.2 Å². The van der Waals surface area contributed by atoms with Gasteiger partial charge in [0.25, 0.3) is 5.91 Å². The van der Waals surface area contributed by atoms with E-state index in [-0.39, 0.29) is 28.4 Å². The van der Waals surface area contributed by atoms with Crippen LogP contribution in [0.5, 0.6) is 0 Å². The third-order valence-corrected chi connectivity index (χ3v) is 6.45.